The standard InChI is InChI=1S/C20H19N3O3/c1-25-15-8-6-14(7-9-15)23-12-21-19-17(11-18(24)22-20(19)23)13-4-3-5-16(10-13)26-2/h3-10,12,17H,11H2,1-2H3,(H,22,24). The molecule has 0 spiro atoms. The summed E-state index contributed by atoms with van der Waals surface area (Å²) >= 11 is 0. The third-order valence-electron chi connectivity index (χ3n) is 4.62. The van der Waals surface area contributed by atoms with E-state index in [1.807, 2.05) is 53.1 Å². The van der Waals surface area contributed by atoms with Crippen molar-refractivity contribution in [1.29, 1.82) is 0 Å². The molecule has 26 heavy (non-hydrogen) atoms. The minimum atomic E-state index is -0.103. The molecule has 0 saturated heterocycles. The van der Waals surface area contributed by atoms with Gasteiger partial charge in [-0.1, -0.05) is 12.1 Å². The van der Waals surface area contributed by atoms with Crippen LogP contribution in [-0.4, -0.2) is 29.7 Å². The van der Waals surface area contributed by atoms with Crippen molar-refractivity contribution < 1.29 is 14.3 Å². The average Bonchev–Trinajstić information content (AvgIpc) is 3.11. The monoisotopic (exact) mass is 349 g/mol. The zero-order chi connectivity index (χ0) is 18.1. The van der Waals surface area contributed by atoms with E-state index in [2.05, 4.69) is 10.3 Å². The molecule has 1 aliphatic rings. The molecular weight excluding hydrogens is 330 g/mol. The summed E-state index contributed by atoms with van der Waals surface area (Å²) in [4.78, 5) is 16.9. The minimum Gasteiger partial charge on any atom is -0.497 e. The summed E-state index contributed by atoms with van der Waals surface area (Å²) < 4.78 is 12.4. The maximum absolute atomic E-state index is 12.3. The summed E-state index contributed by atoms with van der Waals surface area (Å²) in [6.45, 7) is 0. The molecule has 6 heteroatoms. The number of ether oxygens (including phenoxy) is 2. The molecule has 1 aromatic heterocycles. The molecule has 0 fully saturated rings. The van der Waals surface area contributed by atoms with E-state index >= 15 is 0 Å². The zero-order valence-electron chi connectivity index (χ0n) is 14.6. The van der Waals surface area contributed by atoms with Gasteiger partial charge in [-0.25, -0.2) is 4.98 Å². The van der Waals surface area contributed by atoms with Crippen molar-refractivity contribution in [2.75, 3.05) is 19.5 Å². The van der Waals surface area contributed by atoms with Crippen molar-refractivity contribution >= 4 is 11.7 Å². The van der Waals surface area contributed by atoms with Crippen LogP contribution < -0.4 is 14.8 Å². The highest BCUT2D eigenvalue weighted by atomic mass is 16.5. The summed E-state index contributed by atoms with van der Waals surface area (Å²) in [6, 6.07) is 15.4. The normalized spacial score (nSPS) is 15.9. The van der Waals surface area contributed by atoms with Gasteiger partial charge in [0.25, 0.3) is 0 Å². The Labute approximate surface area is 151 Å². The summed E-state index contributed by atoms with van der Waals surface area (Å²) in [7, 11) is 3.27. The van der Waals surface area contributed by atoms with E-state index < -0.39 is 0 Å². The fourth-order valence-electron chi connectivity index (χ4n) is 3.28. The topological polar surface area (TPSA) is 65.4 Å². The number of rotatable bonds is 4. The average molecular weight is 349 g/mol. The number of anilines is 1. The fraction of sp³-hybridized carbons (Fsp3) is 0.200. The Morgan fingerprint density at radius 1 is 1.08 bits per heavy atom. The molecule has 2 heterocycles. The number of amides is 1. The smallest absolute Gasteiger partial charge is 0.226 e. The van der Waals surface area contributed by atoms with Crippen LogP contribution in [0.25, 0.3) is 5.69 Å². The van der Waals surface area contributed by atoms with Crippen LogP contribution in [0.1, 0.15) is 23.6 Å². The molecule has 3 aromatic rings. The van der Waals surface area contributed by atoms with Crippen molar-refractivity contribution in [3.8, 4) is 17.2 Å². The Morgan fingerprint density at radius 3 is 2.58 bits per heavy atom. The second-order valence-electron chi connectivity index (χ2n) is 6.13. The first-order valence-electron chi connectivity index (χ1n) is 8.35. The van der Waals surface area contributed by atoms with Crippen molar-refractivity contribution in [3.63, 3.8) is 0 Å². The molecule has 2 aromatic carbocycles. The van der Waals surface area contributed by atoms with Crippen molar-refractivity contribution in [2.24, 2.45) is 0 Å². The molecule has 4 rings (SSSR count). The number of aromatic nitrogens is 2. The number of benzene rings is 2. The summed E-state index contributed by atoms with van der Waals surface area (Å²) in [5, 5.41) is 2.96. The fourth-order valence-corrected chi connectivity index (χ4v) is 3.28. The van der Waals surface area contributed by atoms with Crippen LogP contribution in [-0.2, 0) is 4.79 Å². The lowest BCUT2D eigenvalue weighted by molar-refractivity contribution is -0.116. The van der Waals surface area contributed by atoms with Gasteiger partial charge in [-0.05, 0) is 42.0 Å². The number of fused-ring (bicyclic) bond motifs is 1. The van der Waals surface area contributed by atoms with Crippen LogP contribution >= 0.6 is 0 Å². The number of hydrogen-bond acceptors (Lipinski definition) is 4. The molecule has 132 valence electrons. The van der Waals surface area contributed by atoms with Crippen LogP contribution in [0.4, 0.5) is 5.82 Å². The van der Waals surface area contributed by atoms with Crippen LogP contribution in [0.5, 0.6) is 11.5 Å². The molecule has 1 atom stereocenters. The van der Waals surface area contributed by atoms with Gasteiger partial charge in [-0.3, -0.25) is 9.36 Å². The third kappa shape index (κ3) is 2.79. The van der Waals surface area contributed by atoms with E-state index in [4.69, 9.17) is 9.47 Å². The van der Waals surface area contributed by atoms with Gasteiger partial charge in [-0.15, -0.1) is 0 Å². The predicted octanol–water partition coefficient (Wildman–Crippen LogP) is 3.36. The van der Waals surface area contributed by atoms with E-state index in [0.29, 0.717) is 12.2 Å². The van der Waals surface area contributed by atoms with Gasteiger partial charge in [0, 0.05) is 18.0 Å². The van der Waals surface area contributed by atoms with Crippen molar-refractivity contribution in [2.45, 2.75) is 12.3 Å². The Hall–Kier alpha value is -3.28. The third-order valence-corrected chi connectivity index (χ3v) is 4.62. The first-order valence-corrected chi connectivity index (χ1v) is 8.35. The van der Waals surface area contributed by atoms with E-state index in [0.717, 1.165) is 28.4 Å². The molecule has 6 nitrogen and oxygen atoms in total. The highest BCUT2D eigenvalue weighted by Crippen LogP contribution is 2.38. The Bertz CT molecular complexity index is 947. The molecule has 1 N–H and O–H groups in total. The number of nitrogens with zero attached hydrogens (tertiary/aromatic N) is 2. The molecule has 0 aliphatic carbocycles. The van der Waals surface area contributed by atoms with E-state index in [-0.39, 0.29) is 11.8 Å². The second kappa shape index (κ2) is 6.55. The lowest BCUT2D eigenvalue weighted by Crippen LogP contribution is -2.24. The number of methoxy groups -OCH3 is 2. The number of imidazole rings is 1. The Kier molecular flexibility index (Phi) is 4.08. The predicted molar refractivity (Wildman–Crippen MR) is 98.2 cm³/mol. The second-order valence-corrected chi connectivity index (χ2v) is 6.13. The Morgan fingerprint density at radius 2 is 1.85 bits per heavy atom. The van der Waals surface area contributed by atoms with Crippen LogP contribution in [0.2, 0.25) is 0 Å². The number of carbonyl (C=O) groups excluding carboxylic acids is 1. The number of carbonyl (C=O) groups is 1. The summed E-state index contributed by atoms with van der Waals surface area (Å²) in [6.07, 6.45) is 2.10. The molecule has 1 aliphatic heterocycles. The maximum Gasteiger partial charge on any atom is 0.226 e. The maximum atomic E-state index is 12.3. The minimum absolute atomic E-state index is 0.0272. The molecule has 0 saturated carbocycles. The SMILES string of the molecule is COc1ccc(-n2cnc3c2NC(=O)CC3c2cccc(OC)c2)cc1. The van der Waals surface area contributed by atoms with Gasteiger partial charge < -0.3 is 14.8 Å². The highest BCUT2D eigenvalue weighted by Gasteiger charge is 2.31. The lowest BCUT2D eigenvalue weighted by Gasteiger charge is -2.23. The van der Waals surface area contributed by atoms with E-state index in [1.54, 1.807) is 20.5 Å². The van der Waals surface area contributed by atoms with Crippen LogP contribution in [0, 0.1) is 0 Å². The quantitative estimate of drug-likeness (QED) is 0.784. The van der Waals surface area contributed by atoms with Crippen molar-refractivity contribution in [3.05, 3.63) is 66.1 Å². The van der Waals surface area contributed by atoms with Gasteiger partial charge in [0.2, 0.25) is 5.91 Å². The lowest BCUT2D eigenvalue weighted by atomic mass is 9.89. The molecule has 1 amide bonds. The molecule has 1 unspecified atom stereocenters. The first-order chi connectivity index (χ1) is 12.7. The molecular formula is C20H19N3O3. The van der Waals surface area contributed by atoms with Gasteiger partial charge in [0.1, 0.15) is 23.6 Å². The molecule has 0 bridgehead atoms. The Balaban J connectivity index is 1.76. The van der Waals surface area contributed by atoms with Gasteiger partial charge >= 0.3 is 0 Å². The first kappa shape index (κ1) is 16.2. The highest BCUT2D eigenvalue weighted by molar-refractivity contribution is 5.94. The van der Waals surface area contributed by atoms with Gasteiger partial charge in [-0.2, -0.15) is 0 Å². The van der Waals surface area contributed by atoms with E-state index in [9.17, 15) is 4.79 Å². The number of nitrogens with one attached hydrogen (secondary N) is 1. The molecule has 0 radical (unpaired) electrons. The largest absolute Gasteiger partial charge is 0.497 e. The van der Waals surface area contributed by atoms with Crippen LogP contribution in [0.15, 0.2) is 54.9 Å². The zero-order valence-corrected chi connectivity index (χ0v) is 14.6. The van der Waals surface area contributed by atoms with E-state index in [1.165, 1.54) is 0 Å². The summed E-state index contributed by atoms with van der Waals surface area (Å²) in [5.41, 5.74) is 2.78. The summed E-state index contributed by atoms with van der Waals surface area (Å²) in [5.74, 6) is 2.12. The van der Waals surface area contributed by atoms with Gasteiger partial charge in [0.05, 0.1) is 19.9 Å². The van der Waals surface area contributed by atoms with Crippen molar-refractivity contribution in [1.82, 2.24) is 9.55 Å². The van der Waals surface area contributed by atoms with Gasteiger partial charge in [0.15, 0.2) is 0 Å². The van der Waals surface area contributed by atoms with Crippen LogP contribution in [0.3, 0.4) is 0 Å². The number of hydrogen-bond donors (Lipinski definition) is 1.